The van der Waals surface area contributed by atoms with E-state index in [4.69, 9.17) is 10.2 Å². The minimum absolute atomic E-state index is 0.546. The van der Waals surface area contributed by atoms with Gasteiger partial charge in [0.1, 0.15) is 16.9 Å². The molecule has 2 heterocycles. The lowest BCUT2D eigenvalue weighted by Crippen LogP contribution is -1.81. The number of hydrogen-bond acceptors (Lipinski definition) is 6. The summed E-state index contributed by atoms with van der Waals surface area (Å²) in [7, 11) is 0. The van der Waals surface area contributed by atoms with Gasteiger partial charge in [0.05, 0.1) is 0 Å². The van der Waals surface area contributed by atoms with Gasteiger partial charge in [0, 0.05) is 18.0 Å². The minimum atomic E-state index is 0.546. The van der Waals surface area contributed by atoms with E-state index in [2.05, 4.69) is 15.0 Å². The van der Waals surface area contributed by atoms with E-state index in [9.17, 15) is 0 Å². The molecule has 0 aliphatic rings. The summed E-state index contributed by atoms with van der Waals surface area (Å²) in [4.78, 5) is 12.3. The van der Waals surface area contributed by atoms with Crippen molar-refractivity contribution < 1.29 is 4.42 Å². The maximum atomic E-state index is 5.67. The normalized spacial score (nSPS) is 10.8. The van der Waals surface area contributed by atoms with E-state index in [1.807, 2.05) is 6.07 Å². The molecule has 0 fully saturated rings. The van der Waals surface area contributed by atoms with Gasteiger partial charge in [-0.05, 0) is 30.0 Å². The van der Waals surface area contributed by atoms with Gasteiger partial charge in [-0.1, -0.05) is 0 Å². The van der Waals surface area contributed by atoms with Crippen LogP contribution in [0, 0.1) is 0 Å². The van der Waals surface area contributed by atoms with Crippen LogP contribution in [0.3, 0.4) is 0 Å². The van der Waals surface area contributed by atoms with Crippen molar-refractivity contribution in [2.45, 2.75) is 10.2 Å². The highest BCUT2D eigenvalue weighted by molar-refractivity contribution is 7.99. The molecule has 17 heavy (non-hydrogen) atoms. The summed E-state index contributed by atoms with van der Waals surface area (Å²) in [5.41, 5.74) is 7.80. The van der Waals surface area contributed by atoms with Crippen molar-refractivity contribution in [2.75, 3.05) is 5.73 Å². The first-order chi connectivity index (χ1) is 8.31. The SMILES string of the molecule is Nc1ccc2nc(Sc3ccncn3)oc2c1. The molecule has 0 spiro atoms. The number of anilines is 1. The molecule has 0 unspecified atom stereocenters. The van der Waals surface area contributed by atoms with Gasteiger partial charge >= 0.3 is 0 Å². The number of nitrogens with zero attached hydrogens (tertiary/aromatic N) is 3. The molecule has 0 aliphatic heterocycles. The number of nitrogen functional groups attached to an aromatic ring is 1. The van der Waals surface area contributed by atoms with E-state index in [0.717, 1.165) is 10.5 Å². The van der Waals surface area contributed by atoms with E-state index in [1.54, 1.807) is 24.4 Å². The Labute approximate surface area is 101 Å². The van der Waals surface area contributed by atoms with E-state index in [-0.39, 0.29) is 0 Å². The summed E-state index contributed by atoms with van der Waals surface area (Å²) in [5.74, 6) is 0. The predicted octanol–water partition coefficient (Wildman–Crippen LogP) is 2.35. The predicted molar refractivity (Wildman–Crippen MR) is 64.6 cm³/mol. The van der Waals surface area contributed by atoms with Crippen molar-refractivity contribution in [3.05, 3.63) is 36.8 Å². The summed E-state index contributed by atoms with van der Waals surface area (Å²) < 4.78 is 5.56. The van der Waals surface area contributed by atoms with E-state index >= 15 is 0 Å². The summed E-state index contributed by atoms with van der Waals surface area (Å²) >= 11 is 1.35. The number of aromatic nitrogens is 3. The van der Waals surface area contributed by atoms with Gasteiger partial charge in [0.25, 0.3) is 5.22 Å². The second kappa shape index (κ2) is 4.06. The fraction of sp³-hybridized carbons (Fsp3) is 0. The van der Waals surface area contributed by atoms with E-state index in [0.29, 0.717) is 16.5 Å². The van der Waals surface area contributed by atoms with Crippen molar-refractivity contribution >= 4 is 28.5 Å². The average Bonchev–Trinajstić information content (AvgIpc) is 2.71. The lowest BCUT2D eigenvalue weighted by atomic mass is 10.3. The van der Waals surface area contributed by atoms with Crippen molar-refractivity contribution in [1.29, 1.82) is 0 Å². The van der Waals surface area contributed by atoms with Crippen LogP contribution in [0.4, 0.5) is 5.69 Å². The van der Waals surface area contributed by atoms with Gasteiger partial charge < -0.3 is 10.2 Å². The molecular weight excluding hydrogens is 236 g/mol. The molecule has 0 radical (unpaired) electrons. The topological polar surface area (TPSA) is 77.8 Å². The molecule has 0 saturated carbocycles. The summed E-state index contributed by atoms with van der Waals surface area (Å²) in [6.45, 7) is 0. The number of oxazole rings is 1. The molecule has 1 aromatic carbocycles. The standard InChI is InChI=1S/C11H8N4OS/c12-7-1-2-8-9(5-7)16-11(15-8)17-10-3-4-13-6-14-10/h1-6H,12H2. The summed E-state index contributed by atoms with van der Waals surface area (Å²) in [6, 6.07) is 7.18. The van der Waals surface area contributed by atoms with Crippen molar-refractivity contribution in [3.8, 4) is 0 Å². The second-order valence-electron chi connectivity index (χ2n) is 3.36. The molecule has 3 aromatic rings. The Morgan fingerprint density at radius 3 is 3.00 bits per heavy atom. The Morgan fingerprint density at radius 2 is 2.18 bits per heavy atom. The molecule has 2 aromatic heterocycles. The highest BCUT2D eigenvalue weighted by Gasteiger charge is 2.08. The molecule has 0 atom stereocenters. The van der Waals surface area contributed by atoms with Crippen molar-refractivity contribution in [1.82, 2.24) is 15.0 Å². The first kappa shape index (κ1) is 10.1. The van der Waals surface area contributed by atoms with Crippen LogP contribution in [0.15, 0.2) is 51.5 Å². The van der Waals surface area contributed by atoms with Crippen LogP contribution < -0.4 is 5.73 Å². The minimum Gasteiger partial charge on any atom is -0.431 e. The first-order valence-corrected chi connectivity index (χ1v) is 5.73. The highest BCUT2D eigenvalue weighted by atomic mass is 32.2. The Hall–Kier alpha value is -2.08. The number of rotatable bonds is 2. The van der Waals surface area contributed by atoms with Gasteiger partial charge in [-0.15, -0.1) is 0 Å². The first-order valence-electron chi connectivity index (χ1n) is 4.91. The van der Waals surface area contributed by atoms with Gasteiger partial charge in [0.2, 0.25) is 0 Å². The zero-order chi connectivity index (χ0) is 11.7. The Morgan fingerprint density at radius 1 is 1.24 bits per heavy atom. The van der Waals surface area contributed by atoms with Crippen LogP contribution in [0.25, 0.3) is 11.1 Å². The lowest BCUT2D eigenvalue weighted by molar-refractivity contribution is 0.489. The van der Waals surface area contributed by atoms with Crippen LogP contribution in [0.5, 0.6) is 0 Å². The Bertz CT molecular complexity index is 653. The van der Waals surface area contributed by atoms with Crippen LogP contribution in [0.2, 0.25) is 0 Å². The molecule has 0 amide bonds. The van der Waals surface area contributed by atoms with Crippen LogP contribution in [-0.2, 0) is 0 Å². The molecule has 84 valence electrons. The van der Waals surface area contributed by atoms with Crippen LogP contribution in [-0.4, -0.2) is 15.0 Å². The van der Waals surface area contributed by atoms with Crippen LogP contribution >= 0.6 is 11.8 Å². The summed E-state index contributed by atoms with van der Waals surface area (Å²) in [5, 5.41) is 1.34. The van der Waals surface area contributed by atoms with Crippen molar-refractivity contribution in [3.63, 3.8) is 0 Å². The monoisotopic (exact) mass is 244 g/mol. The molecule has 0 bridgehead atoms. The van der Waals surface area contributed by atoms with Gasteiger partial charge in [-0.3, -0.25) is 0 Å². The largest absolute Gasteiger partial charge is 0.431 e. The zero-order valence-electron chi connectivity index (χ0n) is 8.70. The number of benzene rings is 1. The Balaban J connectivity index is 1.96. The quantitative estimate of drug-likeness (QED) is 0.550. The fourth-order valence-electron chi connectivity index (χ4n) is 1.39. The molecule has 3 rings (SSSR count). The second-order valence-corrected chi connectivity index (χ2v) is 4.33. The Kier molecular flexibility index (Phi) is 2.41. The maximum absolute atomic E-state index is 5.67. The maximum Gasteiger partial charge on any atom is 0.263 e. The average molecular weight is 244 g/mol. The third kappa shape index (κ3) is 2.07. The third-order valence-corrected chi connectivity index (χ3v) is 2.94. The number of hydrogen-bond donors (Lipinski definition) is 1. The van der Waals surface area contributed by atoms with Gasteiger partial charge in [0.15, 0.2) is 5.58 Å². The smallest absolute Gasteiger partial charge is 0.263 e. The highest BCUT2D eigenvalue weighted by Crippen LogP contribution is 2.28. The molecule has 0 aliphatic carbocycles. The zero-order valence-corrected chi connectivity index (χ0v) is 9.52. The molecular formula is C11H8N4OS. The summed E-state index contributed by atoms with van der Waals surface area (Å²) in [6.07, 6.45) is 3.17. The van der Waals surface area contributed by atoms with Gasteiger partial charge in [-0.25, -0.2) is 15.0 Å². The third-order valence-electron chi connectivity index (χ3n) is 2.14. The number of nitrogens with two attached hydrogens (primary N) is 1. The fourth-order valence-corrected chi connectivity index (χ4v) is 2.08. The van der Waals surface area contributed by atoms with E-state index < -0.39 is 0 Å². The molecule has 0 saturated heterocycles. The molecule has 5 nitrogen and oxygen atoms in total. The molecule has 6 heteroatoms. The van der Waals surface area contributed by atoms with Crippen LogP contribution in [0.1, 0.15) is 0 Å². The van der Waals surface area contributed by atoms with Crippen molar-refractivity contribution in [2.24, 2.45) is 0 Å². The van der Waals surface area contributed by atoms with Gasteiger partial charge in [-0.2, -0.15) is 0 Å². The van der Waals surface area contributed by atoms with E-state index in [1.165, 1.54) is 18.1 Å². The number of fused-ring (bicyclic) bond motifs is 1. The lowest BCUT2D eigenvalue weighted by Gasteiger charge is -1.92. The molecule has 2 N–H and O–H groups in total.